The molecule has 0 heterocycles. The average molecular weight is 176 g/mol. The monoisotopic (exact) mass is 176 g/mol. The van der Waals surface area contributed by atoms with Crippen LogP contribution in [0.1, 0.15) is 30.6 Å². The van der Waals surface area contributed by atoms with Gasteiger partial charge in [0.15, 0.2) is 0 Å². The topological polar surface area (TPSA) is 20.2 Å². The van der Waals surface area contributed by atoms with Crippen molar-refractivity contribution in [1.82, 2.24) is 0 Å². The lowest BCUT2D eigenvalue weighted by atomic mass is 10.0. The van der Waals surface area contributed by atoms with E-state index < -0.39 is 6.10 Å². The number of hydrogen-bond donors (Lipinski definition) is 1. The van der Waals surface area contributed by atoms with Gasteiger partial charge in [0.05, 0.1) is 6.10 Å². The van der Waals surface area contributed by atoms with Gasteiger partial charge in [-0.25, -0.2) is 0 Å². The summed E-state index contributed by atoms with van der Waals surface area (Å²) in [7, 11) is 0. The minimum atomic E-state index is -0.399. The molecule has 1 heteroatoms. The highest BCUT2D eigenvalue weighted by atomic mass is 16.3. The fourth-order valence-corrected chi connectivity index (χ4v) is 1.31. The summed E-state index contributed by atoms with van der Waals surface area (Å²) in [5, 5.41) is 9.67. The Hall–Kier alpha value is -1.08. The molecule has 0 fully saturated rings. The first-order valence-electron chi connectivity index (χ1n) is 4.65. The molecule has 13 heavy (non-hydrogen) atoms. The summed E-state index contributed by atoms with van der Waals surface area (Å²) in [5.41, 5.74) is 2.25. The van der Waals surface area contributed by atoms with Crippen molar-refractivity contribution in [2.45, 2.75) is 25.9 Å². The number of rotatable bonds is 4. The quantitative estimate of drug-likeness (QED) is 0.699. The molecular formula is C12H16O. The van der Waals surface area contributed by atoms with Gasteiger partial charge >= 0.3 is 0 Å². The molecule has 0 aliphatic carbocycles. The van der Waals surface area contributed by atoms with Crippen molar-refractivity contribution in [2.75, 3.05) is 0 Å². The Morgan fingerprint density at radius 2 is 2.31 bits per heavy atom. The lowest BCUT2D eigenvalue weighted by molar-refractivity contribution is 0.181. The Labute approximate surface area is 79.7 Å². The van der Waals surface area contributed by atoms with Crippen LogP contribution in [-0.2, 0) is 6.42 Å². The van der Waals surface area contributed by atoms with E-state index in [2.05, 4.69) is 19.6 Å². The van der Waals surface area contributed by atoms with E-state index in [4.69, 9.17) is 0 Å². The maximum absolute atomic E-state index is 9.67. The van der Waals surface area contributed by atoms with Gasteiger partial charge in [0.2, 0.25) is 0 Å². The molecule has 0 spiro atoms. The van der Waals surface area contributed by atoms with Gasteiger partial charge in [-0.2, -0.15) is 0 Å². The first-order valence-corrected chi connectivity index (χ1v) is 4.65. The average Bonchev–Trinajstić information content (AvgIpc) is 2.18. The van der Waals surface area contributed by atoms with E-state index in [1.165, 1.54) is 5.56 Å². The van der Waals surface area contributed by atoms with E-state index in [0.29, 0.717) is 6.42 Å². The Bertz CT molecular complexity index is 278. The molecule has 0 radical (unpaired) electrons. The molecule has 1 aromatic rings. The molecule has 1 nitrogen and oxygen atoms in total. The minimum Gasteiger partial charge on any atom is -0.388 e. The molecule has 1 rings (SSSR count). The largest absolute Gasteiger partial charge is 0.388 e. The first kappa shape index (κ1) is 10.0. The maximum atomic E-state index is 9.67. The van der Waals surface area contributed by atoms with Gasteiger partial charge in [0, 0.05) is 0 Å². The van der Waals surface area contributed by atoms with Crippen molar-refractivity contribution in [3.63, 3.8) is 0 Å². The molecule has 70 valence electrons. The molecule has 1 unspecified atom stereocenters. The van der Waals surface area contributed by atoms with Gasteiger partial charge in [0.25, 0.3) is 0 Å². The number of hydrogen-bond acceptors (Lipinski definition) is 1. The summed E-state index contributed by atoms with van der Waals surface area (Å²) < 4.78 is 0. The zero-order valence-electron chi connectivity index (χ0n) is 8.03. The van der Waals surface area contributed by atoms with Crippen molar-refractivity contribution in [2.24, 2.45) is 0 Å². The zero-order chi connectivity index (χ0) is 9.68. The number of aryl methyl sites for hydroxylation is 1. The summed E-state index contributed by atoms with van der Waals surface area (Å²) in [6, 6.07) is 8.06. The van der Waals surface area contributed by atoms with Crippen LogP contribution in [-0.4, -0.2) is 5.11 Å². The summed E-state index contributed by atoms with van der Waals surface area (Å²) in [4.78, 5) is 0. The van der Waals surface area contributed by atoms with Gasteiger partial charge in [-0.3, -0.25) is 0 Å². The van der Waals surface area contributed by atoms with E-state index in [0.717, 1.165) is 12.0 Å². The Kier molecular flexibility index (Phi) is 3.71. The highest BCUT2D eigenvalue weighted by Crippen LogP contribution is 2.18. The van der Waals surface area contributed by atoms with Crippen LogP contribution in [0, 0.1) is 0 Å². The lowest BCUT2D eigenvalue weighted by Crippen LogP contribution is -1.96. The second kappa shape index (κ2) is 4.83. The maximum Gasteiger partial charge on any atom is 0.0824 e. The van der Waals surface area contributed by atoms with Gasteiger partial charge in [0.1, 0.15) is 0 Å². The number of aliphatic hydroxyl groups excluding tert-OH is 1. The first-order chi connectivity index (χ1) is 6.27. The van der Waals surface area contributed by atoms with E-state index in [9.17, 15) is 5.11 Å². The smallest absolute Gasteiger partial charge is 0.0824 e. The number of benzene rings is 1. The van der Waals surface area contributed by atoms with Crippen molar-refractivity contribution >= 4 is 0 Å². The molecule has 0 aromatic heterocycles. The predicted octanol–water partition coefficient (Wildman–Crippen LogP) is 2.86. The third-order valence-electron chi connectivity index (χ3n) is 2.13. The van der Waals surface area contributed by atoms with E-state index >= 15 is 0 Å². The molecule has 0 saturated carbocycles. The van der Waals surface area contributed by atoms with Gasteiger partial charge < -0.3 is 5.11 Å². The Balaban J connectivity index is 2.81. The van der Waals surface area contributed by atoms with Gasteiger partial charge in [-0.15, -0.1) is 6.58 Å². The summed E-state index contributed by atoms with van der Waals surface area (Å²) in [5.74, 6) is 0. The second-order valence-corrected chi connectivity index (χ2v) is 3.14. The lowest BCUT2D eigenvalue weighted by Gasteiger charge is -2.09. The minimum absolute atomic E-state index is 0.399. The molecule has 1 aromatic carbocycles. The van der Waals surface area contributed by atoms with Crippen LogP contribution in [0.15, 0.2) is 36.9 Å². The fourth-order valence-electron chi connectivity index (χ4n) is 1.31. The molecule has 0 aliphatic rings. The molecule has 1 atom stereocenters. The third kappa shape index (κ3) is 2.71. The van der Waals surface area contributed by atoms with Crippen LogP contribution in [0.4, 0.5) is 0 Å². The van der Waals surface area contributed by atoms with Crippen LogP contribution >= 0.6 is 0 Å². The SMILES string of the molecule is C=CCC(O)c1cccc(CC)c1. The normalized spacial score (nSPS) is 12.5. The van der Waals surface area contributed by atoms with E-state index in [-0.39, 0.29) is 0 Å². The van der Waals surface area contributed by atoms with Crippen molar-refractivity contribution in [1.29, 1.82) is 0 Å². The summed E-state index contributed by atoms with van der Waals surface area (Å²) >= 11 is 0. The fraction of sp³-hybridized carbons (Fsp3) is 0.333. The molecule has 0 bridgehead atoms. The second-order valence-electron chi connectivity index (χ2n) is 3.14. The van der Waals surface area contributed by atoms with Crippen LogP contribution in [0.3, 0.4) is 0 Å². The standard InChI is InChI=1S/C12H16O/c1-3-6-12(13)11-8-5-7-10(4-2)9-11/h3,5,7-9,12-13H,1,4,6H2,2H3. The van der Waals surface area contributed by atoms with Crippen molar-refractivity contribution < 1.29 is 5.11 Å². The molecule has 1 N–H and O–H groups in total. The van der Waals surface area contributed by atoms with Crippen molar-refractivity contribution in [3.8, 4) is 0 Å². The van der Waals surface area contributed by atoms with Crippen LogP contribution in [0.5, 0.6) is 0 Å². The van der Waals surface area contributed by atoms with Crippen molar-refractivity contribution in [3.05, 3.63) is 48.0 Å². The summed E-state index contributed by atoms with van der Waals surface area (Å²) in [6.07, 6.45) is 2.97. The highest BCUT2D eigenvalue weighted by molar-refractivity contribution is 5.25. The third-order valence-corrected chi connectivity index (χ3v) is 2.13. The Morgan fingerprint density at radius 3 is 2.92 bits per heavy atom. The van der Waals surface area contributed by atoms with Crippen LogP contribution in [0.2, 0.25) is 0 Å². The Morgan fingerprint density at radius 1 is 1.54 bits per heavy atom. The molecule has 0 saturated heterocycles. The number of aliphatic hydroxyl groups is 1. The highest BCUT2D eigenvalue weighted by Gasteiger charge is 2.04. The molecule has 0 aliphatic heterocycles. The summed E-state index contributed by atoms with van der Waals surface area (Å²) in [6.45, 7) is 5.72. The zero-order valence-corrected chi connectivity index (χ0v) is 8.03. The molecule has 0 amide bonds. The van der Waals surface area contributed by atoms with E-state index in [1.54, 1.807) is 6.08 Å². The molecular weight excluding hydrogens is 160 g/mol. The van der Waals surface area contributed by atoms with Gasteiger partial charge in [-0.1, -0.05) is 37.3 Å². The van der Waals surface area contributed by atoms with E-state index in [1.807, 2.05) is 18.2 Å². The van der Waals surface area contributed by atoms with Gasteiger partial charge in [-0.05, 0) is 24.0 Å². The van der Waals surface area contributed by atoms with Crippen LogP contribution < -0.4 is 0 Å². The predicted molar refractivity (Wildman–Crippen MR) is 55.6 cm³/mol. The van der Waals surface area contributed by atoms with Crippen LogP contribution in [0.25, 0.3) is 0 Å².